The molecule has 0 aromatic heterocycles. The van der Waals surface area contributed by atoms with Crippen LogP contribution >= 0.6 is 0 Å². The predicted molar refractivity (Wildman–Crippen MR) is 98.5 cm³/mol. The Hall–Kier alpha value is -1.86. The van der Waals surface area contributed by atoms with Gasteiger partial charge < -0.3 is 4.90 Å². The maximum Gasteiger partial charge on any atom is 0.0193 e. The lowest BCUT2D eigenvalue weighted by atomic mass is 9.87. The molecule has 0 saturated carbocycles. The quantitative estimate of drug-likeness (QED) is 0.726. The van der Waals surface area contributed by atoms with Gasteiger partial charge in [0.05, 0.1) is 0 Å². The third-order valence-electron chi connectivity index (χ3n) is 5.25. The van der Waals surface area contributed by atoms with E-state index in [2.05, 4.69) is 60.5 Å². The molecule has 1 aromatic carbocycles. The smallest absolute Gasteiger partial charge is 0.0193 e. The molecule has 0 N–H and O–H groups in total. The minimum atomic E-state index is 1.05. The summed E-state index contributed by atoms with van der Waals surface area (Å²) in [5, 5.41) is 0. The molecule has 0 bridgehead atoms. The highest BCUT2D eigenvalue weighted by Gasteiger charge is 2.14. The van der Waals surface area contributed by atoms with Gasteiger partial charge in [0.2, 0.25) is 0 Å². The number of hydrogen-bond acceptors (Lipinski definition) is 1. The van der Waals surface area contributed by atoms with Crippen molar-refractivity contribution in [3.8, 4) is 0 Å². The molecule has 3 aliphatic rings. The average molecular weight is 303 g/mol. The van der Waals surface area contributed by atoms with Gasteiger partial charge in [-0.3, -0.25) is 0 Å². The summed E-state index contributed by atoms with van der Waals surface area (Å²) in [7, 11) is 2.20. The van der Waals surface area contributed by atoms with E-state index in [1.807, 2.05) is 0 Å². The van der Waals surface area contributed by atoms with E-state index in [0.29, 0.717) is 0 Å². The van der Waals surface area contributed by atoms with Gasteiger partial charge in [-0.15, -0.1) is 0 Å². The van der Waals surface area contributed by atoms with Crippen molar-refractivity contribution in [1.29, 1.82) is 0 Å². The van der Waals surface area contributed by atoms with Gasteiger partial charge in [0.1, 0.15) is 0 Å². The predicted octanol–water partition coefficient (Wildman–Crippen LogP) is 4.71. The third kappa shape index (κ3) is 3.25. The number of likely N-dealkylation sites (tertiary alicyclic amines) is 1. The van der Waals surface area contributed by atoms with Crippen LogP contribution < -0.4 is 0 Å². The second-order valence-corrected chi connectivity index (χ2v) is 7.10. The van der Waals surface area contributed by atoms with E-state index in [1.54, 1.807) is 11.1 Å². The summed E-state index contributed by atoms with van der Waals surface area (Å²) in [4.78, 5) is 2.40. The van der Waals surface area contributed by atoms with Crippen LogP contribution in [0.2, 0.25) is 0 Å². The molecule has 0 unspecified atom stereocenters. The molecule has 0 radical (unpaired) electrons. The van der Waals surface area contributed by atoms with Gasteiger partial charge in [0.25, 0.3) is 0 Å². The molecule has 1 aromatic rings. The molecule has 1 heteroatoms. The SMILES string of the molecule is CN1CC/C(=C\c2ccc3c(c2)C/C=C\C2=C(CCC=C2)C3)C1. The molecule has 2 aliphatic carbocycles. The summed E-state index contributed by atoms with van der Waals surface area (Å²) >= 11 is 0. The molecule has 0 atom stereocenters. The minimum absolute atomic E-state index is 1.05. The summed E-state index contributed by atoms with van der Waals surface area (Å²) in [6.07, 6.45) is 17.5. The Morgan fingerprint density at radius 1 is 1.04 bits per heavy atom. The van der Waals surface area contributed by atoms with E-state index in [0.717, 1.165) is 19.4 Å². The lowest BCUT2D eigenvalue weighted by molar-refractivity contribution is 0.425. The van der Waals surface area contributed by atoms with E-state index in [9.17, 15) is 0 Å². The molecule has 1 heterocycles. The Kier molecular flexibility index (Phi) is 4.05. The summed E-state index contributed by atoms with van der Waals surface area (Å²) in [6.45, 7) is 2.32. The fourth-order valence-corrected chi connectivity index (χ4v) is 3.93. The molecule has 4 rings (SSSR count). The monoisotopic (exact) mass is 303 g/mol. The Bertz CT molecular complexity index is 730. The highest BCUT2D eigenvalue weighted by atomic mass is 15.1. The van der Waals surface area contributed by atoms with Crippen molar-refractivity contribution < 1.29 is 0 Å². The number of benzene rings is 1. The molecule has 118 valence electrons. The van der Waals surface area contributed by atoms with Gasteiger partial charge in [-0.1, -0.05) is 59.7 Å². The van der Waals surface area contributed by atoms with Crippen LogP contribution in [0.5, 0.6) is 0 Å². The highest BCUT2D eigenvalue weighted by molar-refractivity contribution is 5.57. The summed E-state index contributed by atoms with van der Waals surface area (Å²) in [5.74, 6) is 0. The zero-order valence-corrected chi connectivity index (χ0v) is 14.0. The van der Waals surface area contributed by atoms with Crippen LogP contribution in [0.25, 0.3) is 6.08 Å². The number of rotatable bonds is 1. The Balaban J connectivity index is 1.63. The molecule has 1 saturated heterocycles. The summed E-state index contributed by atoms with van der Waals surface area (Å²) in [5.41, 5.74) is 9.01. The van der Waals surface area contributed by atoms with Crippen LogP contribution in [0.4, 0.5) is 0 Å². The van der Waals surface area contributed by atoms with E-state index >= 15 is 0 Å². The topological polar surface area (TPSA) is 3.24 Å². The standard InChI is InChI=1S/C22H25N/c1-23-12-11-18(16-23)13-17-9-10-22-15-21-6-3-2-5-19(21)7-4-8-20(22)14-17/h2,4-5,7,9-10,13-14H,3,6,8,11-12,15-16H2,1H3/b7-4-,18-13+. The van der Waals surface area contributed by atoms with Crippen molar-refractivity contribution in [2.45, 2.75) is 32.1 Å². The average Bonchev–Trinajstić information content (AvgIpc) is 2.94. The van der Waals surface area contributed by atoms with Crippen molar-refractivity contribution in [1.82, 2.24) is 4.90 Å². The first-order chi connectivity index (χ1) is 11.3. The van der Waals surface area contributed by atoms with Crippen LogP contribution in [-0.4, -0.2) is 25.0 Å². The van der Waals surface area contributed by atoms with Crippen LogP contribution in [-0.2, 0) is 12.8 Å². The molecular formula is C22H25N. The Morgan fingerprint density at radius 2 is 1.96 bits per heavy atom. The first-order valence-electron chi connectivity index (χ1n) is 8.83. The van der Waals surface area contributed by atoms with E-state index in [1.165, 1.54) is 48.1 Å². The molecule has 1 nitrogen and oxygen atoms in total. The number of likely N-dealkylation sites (N-methyl/N-ethyl adjacent to an activating group) is 1. The summed E-state index contributed by atoms with van der Waals surface area (Å²) in [6, 6.07) is 7.09. The maximum atomic E-state index is 2.41. The van der Waals surface area contributed by atoms with Gasteiger partial charge >= 0.3 is 0 Å². The number of allylic oxidation sites excluding steroid dienone is 6. The maximum absolute atomic E-state index is 2.41. The fourth-order valence-electron chi connectivity index (χ4n) is 3.93. The fraction of sp³-hybridized carbons (Fsp3) is 0.364. The molecule has 0 spiro atoms. The molecule has 1 fully saturated rings. The van der Waals surface area contributed by atoms with Crippen molar-refractivity contribution in [3.63, 3.8) is 0 Å². The largest absolute Gasteiger partial charge is 0.302 e. The lowest BCUT2D eigenvalue weighted by Gasteiger charge is -2.19. The van der Waals surface area contributed by atoms with Crippen molar-refractivity contribution >= 4 is 6.08 Å². The van der Waals surface area contributed by atoms with Gasteiger partial charge in [-0.25, -0.2) is 0 Å². The first-order valence-corrected chi connectivity index (χ1v) is 8.83. The number of nitrogens with zero attached hydrogens (tertiary/aromatic N) is 1. The minimum Gasteiger partial charge on any atom is -0.302 e. The Morgan fingerprint density at radius 3 is 2.83 bits per heavy atom. The molecular weight excluding hydrogens is 278 g/mol. The van der Waals surface area contributed by atoms with E-state index in [4.69, 9.17) is 0 Å². The van der Waals surface area contributed by atoms with Crippen LogP contribution in [0.1, 0.15) is 36.0 Å². The normalized spacial score (nSPS) is 24.3. The van der Waals surface area contributed by atoms with Gasteiger partial charge in [-0.2, -0.15) is 0 Å². The highest BCUT2D eigenvalue weighted by Crippen LogP contribution is 2.28. The third-order valence-corrected chi connectivity index (χ3v) is 5.25. The number of fused-ring (bicyclic) bond motifs is 1. The molecule has 0 amide bonds. The first kappa shape index (κ1) is 14.7. The van der Waals surface area contributed by atoms with Crippen LogP contribution in [0, 0.1) is 0 Å². The van der Waals surface area contributed by atoms with E-state index in [-0.39, 0.29) is 0 Å². The van der Waals surface area contributed by atoms with Gasteiger partial charge in [0.15, 0.2) is 0 Å². The van der Waals surface area contributed by atoms with E-state index < -0.39 is 0 Å². The van der Waals surface area contributed by atoms with Crippen LogP contribution in [0.15, 0.2) is 59.2 Å². The molecule has 1 aliphatic heterocycles. The van der Waals surface area contributed by atoms with Crippen LogP contribution in [0.3, 0.4) is 0 Å². The second-order valence-electron chi connectivity index (χ2n) is 7.10. The molecule has 23 heavy (non-hydrogen) atoms. The summed E-state index contributed by atoms with van der Waals surface area (Å²) < 4.78 is 0. The van der Waals surface area contributed by atoms with Crippen molar-refractivity contribution in [3.05, 3.63) is 75.9 Å². The van der Waals surface area contributed by atoms with Gasteiger partial charge in [0, 0.05) is 13.1 Å². The van der Waals surface area contributed by atoms with Gasteiger partial charge in [-0.05, 0) is 61.4 Å². The lowest BCUT2D eigenvalue weighted by Crippen LogP contribution is -2.11. The zero-order valence-electron chi connectivity index (χ0n) is 14.0. The van der Waals surface area contributed by atoms with Crippen molar-refractivity contribution in [2.75, 3.05) is 20.1 Å². The second kappa shape index (κ2) is 6.33. The Labute approximate surface area is 139 Å². The number of hydrogen-bond donors (Lipinski definition) is 0. The zero-order chi connectivity index (χ0) is 15.6. The van der Waals surface area contributed by atoms with Crippen molar-refractivity contribution in [2.24, 2.45) is 0 Å².